The maximum atomic E-state index is 13.7. The van der Waals surface area contributed by atoms with Gasteiger partial charge in [0.15, 0.2) is 17.3 Å². The molecule has 2 aliphatic heterocycles. The molecule has 2 aliphatic rings. The number of amides is 2. The van der Waals surface area contributed by atoms with Crippen LogP contribution < -0.4 is 19.1 Å². The number of carbonyl (C=O) groups is 2. The van der Waals surface area contributed by atoms with Gasteiger partial charge in [0.1, 0.15) is 12.3 Å². The minimum atomic E-state index is -0.264. The number of fused-ring (bicyclic) bond motifs is 1. The van der Waals surface area contributed by atoms with E-state index in [4.69, 9.17) is 25.8 Å². The van der Waals surface area contributed by atoms with E-state index in [1.54, 1.807) is 36.3 Å². The Bertz CT molecular complexity index is 1650. The van der Waals surface area contributed by atoms with Crippen LogP contribution in [0.1, 0.15) is 22.3 Å². The number of nitrogens with zero attached hydrogens (tertiary/aromatic N) is 5. The normalized spacial score (nSPS) is 14.2. The fraction of sp³-hybridized carbons (Fsp3) is 0.273. The number of ether oxygens (including phenoxy) is 3. The Morgan fingerprint density at radius 3 is 2.59 bits per heavy atom. The van der Waals surface area contributed by atoms with Crippen LogP contribution >= 0.6 is 11.6 Å². The molecule has 0 bridgehead atoms. The van der Waals surface area contributed by atoms with Crippen LogP contribution in [0.25, 0.3) is 11.3 Å². The fourth-order valence-electron chi connectivity index (χ4n) is 5.36. The molecule has 1 aromatic heterocycles. The second kappa shape index (κ2) is 13.2. The first kappa shape index (κ1) is 29.3. The average Bonchev–Trinajstić information content (AvgIpc) is 3.38. The summed E-state index contributed by atoms with van der Waals surface area (Å²) in [5.74, 6) is 2.21. The van der Waals surface area contributed by atoms with E-state index in [-0.39, 0.29) is 31.7 Å². The summed E-state index contributed by atoms with van der Waals surface area (Å²) in [5.41, 5.74) is 2.81. The van der Waals surface area contributed by atoms with Gasteiger partial charge >= 0.3 is 0 Å². The van der Waals surface area contributed by atoms with Crippen molar-refractivity contribution in [2.75, 3.05) is 51.5 Å². The first-order chi connectivity index (χ1) is 21.5. The Kier molecular flexibility index (Phi) is 8.79. The smallest absolute Gasteiger partial charge is 0.254 e. The second-order valence-corrected chi connectivity index (χ2v) is 11.0. The number of hydrogen-bond donors (Lipinski definition) is 0. The molecule has 226 valence electrons. The van der Waals surface area contributed by atoms with Crippen molar-refractivity contribution < 1.29 is 23.8 Å². The fourth-order valence-corrected chi connectivity index (χ4v) is 5.60. The van der Waals surface area contributed by atoms with Gasteiger partial charge in [0.2, 0.25) is 12.7 Å². The standard InChI is InChI=1S/C33H32ClN5O5/c1-42-25-7-4-6-24(19-25)33(41)39(20-23-10-12-29-30(18-23)44-22-43-29)21-32(40)38-15-5-14-37(16-17-38)31-13-11-28(35-36-31)26-8-2-3-9-27(26)34/h2-4,6-13,18-19H,5,14-17,20-22H2,1H3. The number of anilines is 1. The molecular weight excluding hydrogens is 582 g/mol. The average molecular weight is 614 g/mol. The van der Waals surface area contributed by atoms with Crippen molar-refractivity contribution in [2.24, 2.45) is 0 Å². The van der Waals surface area contributed by atoms with Gasteiger partial charge in [-0.05, 0) is 60.5 Å². The van der Waals surface area contributed by atoms with Gasteiger partial charge in [-0.25, -0.2) is 0 Å². The lowest BCUT2D eigenvalue weighted by Gasteiger charge is -2.27. The van der Waals surface area contributed by atoms with E-state index in [2.05, 4.69) is 15.1 Å². The number of benzene rings is 3. The molecule has 0 saturated carbocycles. The van der Waals surface area contributed by atoms with Gasteiger partial charge in [0.05, 0.1) is 17.8 Å². The molecule has 1 saturated heterocycles. The van der Waals surface area contributed by atoms with Crippen molar-refractivity contribution >= 4 is 29.2 Å². The predicted octanol–water partition coefficient (Wildman–Crippen LogP) is 4.92. The zero-order chi connectivity index (χ0) is 30.5. The topological polar surface area (TPSA) is 97.3 Å². The Morgan fingerprint density at radius 1 is 0.909 bits per heavy atom. The Labute approximate surface area is 260 Å². The lowest BCUT2D eigenvalue weighted by Crippen LogP contribution is -2.44. The number of methoxy groups -OCH3 is 1. The molecule has 0 radical (unpaired) electrons. The molecule has 3 aromatic carbocycles. The first-order valence-electron chi connectivity index (χ1n) is 14.4. The summed E-state index contributed by atoms with van der Waals surface area (Å²) >= 11 is 6.33. The van der Waals surface area contributed by atoms with Crippen LogP contribution in [0.15, 0.2) is 78.9 Å². The molecular formula is C33H32ClN5O5. The molecule has 0 unspecified atom stereocenters. The first-order valence-corrected chi connectivity index (χ1v) is 14.8. The molecule has 1 fully saturated rings. The minimum Gasteiger partial charge on any atom is -0.497 e. The molecule has 0 aliphatic carbocycles. The third-order valence-corrected chi connectivity index (χ3v) is 8.04. The molecule has 6 rings (SSSR count). The molecule has 4 aromatic rings. The van der Waals surface area contributed by atoms with E-state index in [0.29, 0.717) is 53.2 Å². The molecule has 10 nitrogen and oxygen atoms in total. The molecule has 0 N–H and O–H groups in total. The van der Waals surface area contributed by atoms with E-state index in [0.717, 1.165) is 29.9 Å². The third kappa shape index (κ3) is 6.55. The van der Waals surface area contributed by atoms with Crippen molar-refractivity contribution in [3.8, 4) is 28.5 Å². The third-order valence-electron chi connectivity index (χ3n) is 7.71. The van der Waals surface area contributed by atoms with E-state index < -0.39 is 0 Å². The summed E-state index contributed by atoms with van der Waals surface area (Å²) in [6.45, 7) is 2.71. The number of carbonyl (C=O) groups excluding carboxylic acids is 2. The van der Waals surface area contributed by atoms with Gasteiger partial charge < -0.3 is 28.9 Å². The van der Waals surface area contributed by atoms with Gasteiger partial charge in [-0.15, -0.1) is 10.2 Å². The van der Waals surface area contributed by atoms with E-state index in [9.17, 15) is 9.59 Å². The van der Waals surface area contributed by atoms with Gasteiger partial charge in [-0.3, -0.25) is 9.59 Å². The van der Waals surface area contributed by atoms with Crippen LogP contribution in [0.5, 0.6) is 17.2 Å². The van der Waals surface area contributed by atoms with E-state index >= 15 is 0 Å². The van der Waals surface area contributed by atoms with Crippen LogP contribution in [-0.2, 0) is 11.3 Å². The molecule has 2 amide bonds. The van der Waals surface area contributed by atoms with Crippen molar-refractivity contribution in [1.29, 1.82) is 0 Å². The highest BCUT2D eigenvalue weighted by molar-refractivity contribution is 6.33. The zero-order valence-corrected chi connectivity index (χ0v) is 25.1. The van der Waals surface area contributed by atoms with Crippen LogP contribution in [-0.4, -0.2) is 78.4 Å². The van der Waals surface area contributed by atoms with Crippen LogP contribution in [0.4, 0.5) is 5.82 Å². The van der Waals surface area contributed by atoms with Crippen molar-refractivity contribution in [3.05, 3.63) is 95.0 Å². The van der Waals surface area contributed by atoms with Gasteiger partial charge in [0, 0.05) is 43.9 Å². The Hall–Kier alpha value is -4.83. The SMILES string of the molecule is COc1cccc(C(=O)N(CC(=O)N2CCCN(c3ccc(-c4ccccc4Cl)nn3)CC2)Cc2ccc3c(c2)OCO3)c1. The van der Waals surface area contributed by atoms with Crippen molar-refractivity contribution in [3.63, 3.8) is 0 Å². The Balaban J connectivity index is 1.15. The summed E-state index contributed by atoms with van der Waals surface area (Å²) in [7, 11) is 1.55. The number of hydrogen-bond acceptors (Lipinski definition) is 8. The highest BCUT2D eigenvalue weighted by Gasteiger charge is 2.26. The number of rotatable bonds is 8. The number of aromatic nitrogens is 2. The van der Waals surface area contributed by atoms with Crippen LogP contribution in [0.2, 0.25) is 5.02 Å². The van der Waals surface area contributed by atoms with Gasteiger partial charge in [0.25, 0.3) is 5.91 Å². The minimum absolute atomic E-state index is 0.0726. The highest BCUT2D eigenvalue weighted by Crippen LogP contribution is 2.33. The lowest BCUT2D eigenvalue weighted by atomic mass is 10.1. The predicted molar refractivity (Wildman–Crippen MR) is 166 cm³/mol. The van der Waals surface area contributed by atoms with E-state index in [1.165, 1.54) is 0 Å². The van der Waals surface area contributed by atoms with Crippen molar-refractivity contribution in [2.45, 2.75) is 13.0 Å². The maximum absolute atomic E-state index is 13.7. The molecule has 11 heteroatoms. The molecule has 3 heterocycles. The second-order valence-electron chi connectivity index (χ2n) is 10.6. The van der Waals surface area contributed by atoms with Crippen LogP contribution in [0, 0.1) is 0 Å². The highest BCUT2D eigenvalue weighted by atomic mass is 35.5. The molecule has 0 spiro atoms. The van der Waals surface area contributed by atoms with E-state index in [1.807, 2.05) is 59.5 Å². The van der Waals surface area contributed by atoms with Crippen LogP contribution in [0.3, 0.4) is 0 Å². The zero-order valence-electron chi connectivity index (χ0n) is 24.3. The Morgan fingerprint density at radius 2 is 1.77 bits per heavy atom. The molecule has 44 heavy (non-hydrogen) atoms. The molecule has 0 atom stereocenters. The van der Waals surface area contributed by atoms with Crippen molar-refractivity contribution in [1.82, 2.24) is 20.0 Å². The summed E-state index contributed by atoms with van der Waals surface area (Å²) < 4.78 is 16.3. The largest absolute Gasteiger partial charge is 0.497 e. The summed E-state index contributed by atoms with van der Waals surface area (Å²) in [4.78, 5) is 32.9. The van der Waals surface area contributed by atoms with Gasteiger partial charge in [-0.1, -0.05) is 41.9 Å². The lowest BCUT2D eigenvalue weighted by molar-refractivity contribution is -0.131. The maximum Gasteiger partial charge on any atom is 0.254 e. The number of halogens is 1. The summed E-state index contributed by atoms with van der Waals surface area (Å²) in [6.07, 6.45) is 0.756. The summed E-state index contributed by atoms with van der Waals surface area (Å²) in [5, 5.41) is 9.48. The monoisotopic (exact) mass is 613 g/mol. The summed E-state index contributed by atoms with van der Waals surface area (Å²) in [6, 6.07) is 23.9. The van der Waals surface area contributed by atoms with Gasteiger partial charge in [-0.2, -0.15) is 0 Å². The quantitative estimate of drug-likeness (QED) is 0.276.